The van der Waals surface area contributed by atoms with Gasteiger partial charge in [-0.2, -0.15) is 0 Å². The molecule has 0 fully saturated rings. The monoisotopic (exact) mass is 498 g/mol. The van der Waals surface area contributed by atoms with E-state index in [4.69, 9.17) is 67.5 Å². The third-order valence-electron chi connectivity index (χ3n) is 3.55. The molecule has 1 N–H and O–H groups in total. The SMILES string of the molecule is CC(=O)OC(Cl)(OC(=O)C(C(=O)O)c1ccccc1)c1cc(Cl)c(Cl)c(Cl)c1Cl. The zero-order chi connectivity index (χ0) is 21.9. The summed E-state index contributed by atoms with van der Waals surface area (Å²) in [6.07, 6.45) is 0. The number of rotatable bonds is 6. The van der Waals surface area contributed by atoms with Crippen molar-refractivity contribution in [2.24, 2.45) is 0 Å². The van der Waals surface area contributed by atoms with Crippen molar-refractivity contribution in [3.05, 3.63) is 67.6 Å². The molecule has 0 bridgehead atoms. The molecule has 0 aromatic heterocycles. The number of carboxylic acid groups (broad SMARTS) is 1. The summed E-state index contributed by atoms with van der Waals surface area (Å²) >= 11 is 30.3. The first-order chi connectivity index (χ1) is 13.5. The zero-order valence-corrected chi connectivity index (χ0v) is 18.2. The van der Waals surface area contributed by atoms with E-state index >= 15 is 0 Å². The van der Waals surface area contributed by atoms with E-state index in [-0.39, 0.29) is 31.2 Å². The lowest BCUT2D eigenvalue weighted by atomic mass is 9.99. The van der Waals surface area contributed by atoms with E-state index in [2.05, 4.69) is 0 Å². The number of aliphatic carboxylic acids is 1. The fourth-order valence-corrected chi connectivity index (χ4v) is 3.63. The average Bonchev–Trinajstić information content (AvgIpc) is 2.62. The molecule has 29 heavy (non-hydrogen) atoms. The predicted octanol–water partition coefficient (Wildman–Crippen LogP) is 5.62. The van der Waals surface area contributed by atoms with Gasteiger partial charge in [-0.1, -0.05) is 76.7 Å². The Morgan fingerprint density at radius 1 is 0.966 bits per heavy atom. The standard InChI is InChI=1S/C18H11Cl5O6/c1-8(24)28-18(23,10-7-11(19)14(21)15(22)13(10)20)29-17(27)12(16(25)26)9-5-3-2-4-6-9/h2-7,12H,1H3,(H,25,26). The van der Waals surface area contributed by atoms with E-state index in [0.717, 1.165) is 13.0 Å². The highest BCUT2D eigenvalue weighted by Crippen LogP contribution is 2.46. The van der Waals surface area contributed by atoms with Crippen molar-refractivity contribution in [1.82, 2.24) is 0 Å². The zero-order valence-electron chi connectivity index (χ0n) is 14.4. The van der Waals surface area contributed by atoms with Gasteiger partial charge in [0.25, 0.3) is 0 Å². The molecule has 0 saturated heterocycles. The Balaban J connectivity index is 2.54. The van der Waals surface area contributed by atoms with Crippen LogP contribution in [0.5, 0.6) is 0 Å². The minimum atomic E-state index is -2.65. The number of carboxylic acids is 1. The Morgan fingerprint density at radius 2 is 1.55 bits per heavy atom. The first-order valence-electron chi connectivity index (χ1n) is 7.70. The number of benzene rings is 2. The van der Waals surface area contributed by atoms with Crippen LogP contribution in [0.15, 0.2) is 36.4 Å². The van der Waals surface area contributed by atoms with Crippen LogP contribution >= 0.6 is 58.0 Å². The molecule has 2 unspecified atom stereocenters. The summed E-state index contributed by atoms with van der Waals surface area (Å²) in [5.74, 6) is -5.56. The first kappa shape index (κ1) is 23.6. The summed E-state index contributed by atoms with van der Waals surface area (Å²) in [6, 6.07) is 8.60. The fourth-order valence-electron chi connectivity index (χ4n) is 2.32. The molecule has 11 heteroatoms. The Bertz CT molecular complexity index is 965. The molecule has 2 atom stereocenters. The van der Waals surface area contributed by atoms with Gasteiger partial charge in [-0.25, -0.2) is 0 Å². The van der Waals surface area contributed by atoms with Gasteiger partial charge in [0.2, 0.25) is 0 Å². The van der Waals surface area contributed by atoms with Crippen molar-refractivity contribution in [3.63, 3.8) is 0 Å². The van der Waals surface area contributed by atoms with Crippen molar-refractivity contribution in [2.75, 3.05) is 0 Å². The number of ether oxygens (including phenoxy) is 2. The van der Waals surface area contributed by atoms with Gasteiger partial charge in [0.05, 0.1) is 25.7 Å². The molecular formula is C18H11Cl5O6. The molecular weight excluding hydrogens is 489 g/mol. The van der Waals surface area contributed by atoms with Gasteiger partial charge in [-0.3, -0.25) is 14.4 Å². The van der Waals surface area contributed by atoms with Crippen molar-refractivity contribution >= 4 is 75.9 Å². The molecule has 0 heterocycles. The fraction of sp³-hybridized carbons (Fsp3) is 0.167. The van der Waals surface area contributed by atoms with Crippen molar-refractivity contribution in [3.8, 4) is 0 Å². The molecule has 0 spiro atoms. The highest BCUT2D eigenvalue weighted by molar-refractivity contribution is 6.52. The van der Waals surface area contributed by atoms with E-state index in [0.29, 0.717) is 0 Å². The van der Waals surface area contributed by atoms with E-state index in [1.165, 1.54) is 24.3 Å². The van der Waals surface area contributed by atoms with Crippen LogP contribution in [0.25, 0.3) is 0 Å². The minimum absolute atomic E-state index is 0.108. The third-order valence-corrected chi connectivity index (χ3v) is 5.66. The van der Waals surface area contributed by atoms with E-state index in [9.17, 15) is 19.5 Å². The van der Waals surface area contributed by atoms with Crippen LogP contribution in [0.2, 0.25) is 20.1 Å². The number of halogens is 5. The van der Waals surface area contributed by atoms with Gasteiger partial charge in [0, 0.05) is 6.92 Å². The largest absolute Gasteiger partial charge is 0.480 e. The Morgan fingerprint density at radius 3 is 2.07 bits per heavy atom. The summed E-state index contributed by atoms with van der Waals surface area (Å²) in [5.41, 5.74) is -0.203. The van der Waals surface area contributed by atoms with Crippen LogP contribution in [-0.4, -0.2) is 23.0 Å². The number of hydrogen-bond donors (Lipinski definition) is 1. The van der Waals surface area contributed by atoms with Crippen LogP contribution in [0, 0.1) is 0 Å². The van der Waals surface area contributed by atoms with Gasteiger partial charge in [0.15, 0.2) is 5.92 Å². The second-order valence-corrected chi connectivity index (χ2v) is 7.62. The van der Waals surface area contributed by atoms with E-state index < -0.39 is 29.1 Å². The lowest BCUT2D eigenvalue weighted by Gasteiger charge is -2.28. The summed E-state index contributed by atoms with van der Waals surface area (Å²) < 4.78 is 10.0. The molecule has 0 aliphatic rings. The molecule has 0 amide bonds. The van der Waals surface area contributed by atoms with E-state index in [1.54, 1.807) is 6.07 Å². The first-order valence-corrected chi connectivity index (χ1v) is 9.59. The summed E-state index contributed by atoms with van der Waals surface area (Å²) in [4.78, 5) is 35.9. The maximum absolute atomic E-state index is 12.7. The molecule has 0 aliphatic heterocycles. The average molecular weight is 501 g/mol. The van der Waals surface area contributed by atoms with Crippen molar-refractivity contribution in [1.29, 1.82) is 0 Å². The topological polar surface area (TPSA) is 89.9 Å². The molecule has 2 aromatic carbocycles. The second kappa shape index (κ2) is 9.41. The van der Waals surface area contributed by atoms with Crippen LogP contribution in [0.4, 0.5) is 0 Å². The lowest BCUT2D eigenvalue weighted by molar-refractivity contribution is -0.204. The van der Waals surface area contributed by atoms with Crippen molar-refractivity contribution in [2.45, 2.75) is 18.1 Å². The smallest absolute Gasteiger partial charge is 0.367 e. The van der Waals surface area contributed by atoms with Gasteiger partial charge in [-0.05, 0) is 23.2 Å². The number of alkyl halides is 1. The maximum atomic E-state index is 12.7. The lowest BCUT2D eigenvalue weighted by Crippen LogP contribution is -2.36. The highest BCUT2D eigenvalue weighted by Gasteiger charge is 2.44. The van der Waals surface area contributed by atoms with E-state index in [1.807, 2.05) is 0 Å². The van der Waals surface area contributed by atoms with Gasteiger partial charge in [0.1, 0.15) is 0 Å². The Kier molecular flexibility index (Phi) is 7.65. The van der Waals surface area contributed by atoms with Gasteiger partial charge < -0.3 is 14.6 Å². The second-order valence-electron chi connectivity index (χ2n) is 5.58. The number of esters is 2. The molecule has 6 nitrogen and oxygen atoms in total. The maximum Gasteiger partial charge on any atom is 0.367 e. The molecule has 0 radical (unpaired) electrons. The molecule has 0 saturated carbocycles. The summed E-state index contributed by atoms with van der Waals surface area (Å²) in [7, 11) is 0. The quantitative estimate of drug-likeness (QED) is 0.138. The number of hydrogen-bond acceptors (Lipinski definition) is 5. The van der Waals surface area contributed by atoms with Gasteiger partial charge in [-0.15, -0.1) is 0 Å². The van der Waals surface area contributed by atoms with Crippen LogP contribution in [0.3, 0.4) is 0 Å². The van der Waals surface area contributed by atoms with Gasteiger partial charge >= 0.3 is 23.2 Å². The number of carbonyl (C=O) groups is 3. The van der Waals surface area contributed by atoms with Crippen LogP contribution < -0.4 is 0 Å². The van der Waals surface area contributed by atoms with Crippen LogP contribution in [0.1, 0.15) is 24.0 Å². The van der Waals surface area contributed by atoms with Crippen molar-refractivity contribution < 1.29 is 29.0 Å². The Hall–Kier alpha value is -1.70. The molecule has 0 aliphatic carbocycles. The number of carbonyl (C=O) groups excluding carboxylic acids is 2. The Labute approximate surface area is 190 Å². The highest BCUT2D eigenvalue weighted by atomic mass is 35.5. The van der Waals surface area contributed by atoms with Crippen LogP contribution in [-0.2, 0) is 29.1 Å². The predicted molar refractivity (Wildman–Crippen MR) is 109 cm³/mol. The molecule has 154 valence electrons. The summed E-state index contributed by atoms with van der Waals surface area (Å²) in [6.45, 7) is 0.990. The molecule has 2 aromatic rings. The summed E-state index contributed by atoms with van der Waals surface area (Å²) in [5, 5.41) is 6.06. The normalized spacial score (nSPS) is 13.9. The minimum Gasteiger partial charge on any atom is -0.480 e. The molecule has 2 rings (SSSR count). The third kappa shape index (κ3) is 5.27.